The number of hydrogen-bond acceptors (Lipinski definition) is 5. The normalized spacial score (nSPS) is 12.6. The first-order chi connectivity index (χ1) is 9.93. The van der Waals surface area contributed by atoms with E-state index < -0.39 is 6.10 Å². The quantitative estimate of drug-likeness (QED) is 0.859. The van der Waals surface area contributed by atoms with Crippen LogP contribution >= 0.6 is 11.3 Å². The summed E-state index contributed by atoms with van der Waals surface area (Å²) in [6.45, 7) is 7.63. The second kappa shape index (κ2) is 6.39. The molecule has 0 saturated heterocycles. The van der Waals surface area contributed by atoms with E-state index in [4.69, 9.17) is 4.74 Å². The zero-order valence-corrected chi connectivity index (χ0v) is 13.6. The van der Waals surface area contributed by atoms with Gasteiger partial charge in [-0.25, -0.2) is 4.98 Å². The van der Waals surface area contributed by atoms with E-state index in [2.05, 4.69) is 9.97 Å². The topological polar surface area (TPSA) is 72.0 Å². The van der Waals surface area contributed by atoms with Crippen LogP contribution in [0.4, 0.5) is 0 Å². The molecule has 1 N–H and O–H groups in total. The molecular formula is C15H20N2O3S. The summed E-state index contributed by atoms with van der Waals surface area (Å²) < 4.78 is 5.31. The SMILES string of the molecule is CCCCC(=O)O[C@H](C)c1nc2sc(C)c(C)c2c(=O)[nH]1. The Balaban J connectivity index is 2.26. The van der Waals surface area contributed by atoms with Crippen molar-refractivity contribution in [2.75, 3.05) is 0 Å². The third-order valence-corrected chi connectivity index (χ3v) is 4.59. The van der Waals surface area contributed by atoms with Crippen molar-refractivity contribution in [2.45, 2.75) is 53.1 Å². The predicted octanol–water partition coefficient (Wildman–Crippen LogP) is 3.40. The van der Waals surface area contributed by atoms with Crippen LogP contribution in [0.3, 0.4) is 0 Å². The number of ether oxygens (including phenoxy) is 1. The summed E-state index contributed by atoms with van der Waals surface area (Å²) in [5, 5.41) is 0.630. The minimum atomic E-state index is -0.547. The highest BCUT2D eigenvalue weighted by Gasteiger charge is 2.17. The average Bonchev–Trinajstić information content (AvgIpc) is 2.72. The van der Waals surface area contributed by atoms with Crippen molar-refractivity contribution < 1.29 is 9.53 Å². The van der Waals surface area contributed by atoms with Gasteiger partial charge in [0, 0.05) is 11.3 Å². The first-order valence-corrected chi connectivity index (χ1v) is 7.95. The predicted molar refractivity (Wildman–Crippen MR) is 83.7 cm³/mol. The summed E-state index contributed by atoms with van der Waals surface area (Å²) in [7, 11) is 0. The maximum absolute atomic E-state index is 12.2. The summed E-state index contributed by atoms with van der Waals surface area (Å²) in [5.41, 5.74) is 0.788. The largest absolute Gasteiger partial charge is 0.454 e. The Hall–Kier alpha value is -1.69. The van der Waals surface area contributed by atoms with Crippen LogP contribution in [0.5, 0.6) is 0 Å². The van der Waals surface area contributed by atoms with Gasteiger partial charge in [-0.05, 0) is 32.8 Å². The fourth-order valence-electron chi connectivity index (χ4n) is 2.10. The highest BCUT2D eigenvalue weighted by atomic mass is 32.1. The minimum absolute atomic E-state index is 0.173. The monoisotopic (exact) mass is 308 g/mol. The number of nitrogens with zero attached hydrogens (tertiary/aromatic N) is 1. The minimum Gasteiger partial charge on any atom is -0.454 e. The Labute approximate surface area is 127 Å². The lowest BCUT2D eigenvalue weighted by Gasteiger charge is -2.12. The molecule has 0 aromatic carbocycles. The van der Waals surface area contributed by atoms with Crippen molar-refractivity contribution in [3.8, 4) is 0 Å². The first-order valence-electron chi connectivity index (χ1n) is 7.13. The molecule has 0 aliphatic carbocycles. The number of hydrogen-bond donors (Lipinski definition) is 1. The molecule has 6 heteroatoms. The van der Waals surface area contributed by atoms with Crippen molar-refractivity contribution >= 4 is 27.5 Å². The molecule has 0 aliphatic rings. The van der Waals surface area contributed by atoms with Gasteiger partial charge >= 0.3 is 5.97 Å². The van der Waals surface area contributed by atoms with Crippen molar-refractivity contribution in [1.29, 1.82) is 0 Å². The molecule has 2 aromatic rings. The number of carbonyl (C=O) groups is 1. The molecule has 2 rings (SSSR count). The van der Waals surface area contributed by atoms with Crippen LogP contribution in [-0.2, 0) is 9.53 Å². The van der Waals surface area contributed by atoms with Crippen LogP contribution < -0.4 is 5.56 Å². The molecule has 114 valence electrons. The van der Waals surface area contributed by atoms with Gasteiger partial charge in [0.1, 0.15) is 4.83 Å². The van der Waals surface area contributed by atoms with Gasteiger partial charge in [-0.2, -0.15) is 0 Å². The Morgan fingerprint density at radius 1 is 1.43 bits per heavy atom. The number of rotatable bonds is 5. The number of aryl methyl sites for hydroxylation is 2. The van der Waals surface area contributed by atoms with Crippen LogP contribution in [0, 0.1) is 13.8 Å². The molecule has 0 spiro atoms. The third-order valence-electron chi connectivity index (χ3n) is 3.49. The maximum Gasteiger partial charge on any atom is 0.306 e. The summed E-state index contributed by atoms with van der Waals surface area (Å²) in [5.74, 6) is 0.143. The van der Waals surface area contributed by atoms with Crippen molar-refractivity contribution in [3.05, 3.63) is 26.6 Å². The van der Waals surface area contributed by atoms with Gasteiger partial charge < -0.3 is 9.72 Å². The molecule has 0 aliphatic heterocycles. The van der Waals surface area contributed by atoms with Crippen LogP contribution in [-0.4, -0.2) is 15.9 Å². The number of H-pyrrole nitrogens is 1. The van der Waals surface area contributed by atoms with Gasteiger partial charge in [0.05, 0.1) is 5.39 Å². The van der Waals surface area contributed by atoms with E-state index in [1.165, 1.54) is 11.3 Å². The van der Waals surface area contributed by atoms with Crippen molar-refractivity contribution in [3.63, 3.8) is 0 Å². The Morgan fingerprint density at radius 2 is 2.14 bits per heavy atom. The second-order valence-corrected chi connectivity index (χ2v) is 6.35. The average molecular weight is 308 g/mol. The Kier molecular flexibility index (Phi) is 4.77. The van der Waals surface area contributed by atoms with E-state index in [1.807, 2.05) is 20.8 Å². The third kappa shape index (κ3) is 3.32. The second-order valence-electron chi connectivity index (χ2n) is 5.15. The number of unbranched alkanes of at least 4 members (excludes halogenated alkanes) is 1. The van der Waals surface area contributed by atoms with E-state index >= 15 is 0 Å². The molecule has 21 heavy (non-hydrogen) atoms. The molecule has 2 aromatic heterocycles. The number of aromatic amines is 1. The van der Waals surface area contributed by atoms with Gasteiger partial charge in [-0.3, -0.25) is 9.59 Å². The zero-order valence-electron chi connectivity index (χ0n) is 12.8. The number of esters is 1. The molecule has 1 atom stereocenters. The Morgan fingerprint density at radius 3 is 2.81 bits per heavy atom. The molecule has 0 radical (unpaired) electrons. The van der Waals surface area contributed by atoms with Crippen LogP contribution in [0.1, 0.15) is 55.5 Å². The van der Waals surface area contributed by atoms with Gasteiger partial charge in [0.15, 0.2) is 11.9 Å². The van der Waals surface area contributed by atoms with Crippen molar-refractivity contribution in [2.24, 2.45) is 0 Å². The van der Waals surface area contributed by atoms with Crippen LogP contribution in [0.25, 0.3) is 10.2 Å². The molecule has 0 fully saturated rings. The fourth-order valence-corrected chi connectivity index (χ4v) is 3.13. The Bertz CT molecular complexity index is 718. The first kappa shape index (κ1) is 15.7. The number of carbonyl (C=O) groups excluding carboxylic acids is 1. The summed E-state index contributed by atoms with van der Waals surface area (Å²) >= 11 is 1.49. The fraction of sp³-hybridized carbons (Fsp3) is 0.533. The highest BCUT2D eigenvalue weighted by molar-refractivity contribution is 7.18. The standard InChI is InChI=1S/C15H20N2O3S/c1-5-6-7-11(18)20-9(3)13-16-14(19)12-8(2)10(4)21-15(12)17-13/h9H,5-7H2,1-4H3,(H,16,17,19)/t9-/m1/s1. The van der Waals surface area contributed by atoms with Gasteiger partial charge in [0.25, 0.3) is 5.56 Å². The molecule has 0 unspecified atom stereocenters. The summed E-state index contributed by atoms with van der Waals surface area (Å²) in [4.78, 5) is 32.8. The molecule has 2 heterocycles. The van der Waals surface area contributed by atoms with Crippen LogP contribution in [0.15, 0.2) is 4.79 Å². The molecule has 5 nitrogen and oxygen atoms in total. The number of nitrogens with one attached hydrogen (secondary N) is 1. The van der Waals surface area contributed by atoms with Crippen LogP contribution in [0.2, 0.25) is 0 Å². The molecular weight excluding hydrogens is 288 g/mol. The smallest absolute Gasteiger partial charge is 0.306 e. The lowest BCUT2D eigenvalue weighted by Crippen LogP contribution is -2.17. The zero-order chi connectivity index (χ0) is 15.6. The lowest BCUT2D eigenvalue weighted by molar-refractivity contribution is -0.149. The number of aromatic nitrogens is 2. The van der Waals surface area contributed by atoms with E-state index in [1.54, 1.807) is 6.92 Å². The van der Waals surface area contributed by atoms with E-state index in [0.717, 1.165) is 23.3 Å². The van der Waals surface area contributed by atoms with Crippen molar-refractivity contribution in [1.82, 2.24) is 9.97 Å². The number of thiophene rings is 1. The lowest BCUT2D eigenvalue weighted by atomic mass is 10.2. The van der Waals surface area contributed by atoms with E-state index in [0.29, 0.717) is 22.5 Å². The number of fused-ring (bicyclic) bond motifs is 1. The van der Waals surface area contributed by atoms with E-state index in [-0.39, 0.29) is 11.5 Å². The summed E-state index contributed by atoms with van der Waals surface area (Å²) in [6, 6.07) is 0. The van der Waals surface area contributed by atoms with E-state index in [9.17, 15) is 9.59 Å². The van der Waals surface area contributed by atoms with Gasteiger partial charge in [0.2, 0.25) is 0 Å². The summed E-state index contributed by atoms with van der Waals surface area (Å²) in [6.07, 6.45) is 1.59. The van der Waals surface area contributed by atoms with Gasteiger partial charge in [-0.1, -0.05) is 13.3 Å². The maximum atomic E-state index is 12.2. The van der Waals surface area contributed by atoms with Gasteiger partial charge in [-0.15, -0.1) is 11.3 Å². The molecule has 0 amide bonds. The molecule has 0 bridgehead atoms. The molecule has 0 saturated carbocycles. The highest BCUT2D eigenvalue weighted by Crippen LogP contribution is 2.26.